The third-order valence-corrected chi connectivity index (χ3v) is 3.39. The van der Waals surface area contributed by atoms with Gasteiger partial charge in [0.05, 0.1) is 0 Å². The molecule has 2 N–H and O–H groups in total. The van der Waals surface area contributed by atoms with Crippen LogP contribution in [0.1, 0.15) is 18.4 Å². The zero-order chi connectivity index (χ0) is 10.7. The molecule has 0 bridgehead atoms. The average molecular weight is 269 g/mol. The van der Waals surface area contributed by atoms with Crippen molar-refractivity contribution < 1.29 is 0 Å². The summed E-state index contributed by atoms with van der Waals surface area (Å²) >= 11 is 3.49. The van der Waals surface area contributed by atoms with Crippen LogP contribution in [-0.4, -0.2) is 19.1 Å². The summed E-state index contributed by atoms with van der Waals surface area (Å²) in [6.45, 7) is 4.33. The largest absolute Gasteiger partial charge is 0.383 e. The van der Waals surface area contributed by atoms with Crippen molar-refractivity contribution >= 4 is 21.6 Å². The first kappa shape index (κ1) is 11.0. The Hall–Kier alpha value is -0.540. The zero-order valence-corrected chi connectivity index (χ0v) is 10.6. The molecule has 1 heterocycles. The number of rotatable bonds is 3. The molecule has 15 heavy (non-hydrogen) atoms. The lowest BCUT2D eigenvalue weighted by atomic mass is 10.2. The number of hydrogen-bond donors (Lipinski definition) is 2. The highest BCUT2D eigenvalue weighted by atomic mass is 79.9. The second-order valence-corrected chi connectivity index (χ2v) is 5.05. The molecule has 1 aliphatic heterocycles. The first-order valence-electron chi connectivity index (χ1n) is 5.49. The quantitative estimate of drug-likeness (QED) is 0.881. The molecule has 0 spiro atoms. The van der Waals surface area contributed by atoms with Crippen molar-refractivity contribution in [2.75, 3.05) is 18.4 Å². The molecule has 2 rings (SSSR count). The van der Waals surface area contributed by atoms with E-state index in [1.54, 1.807) is 0 Å². The summed E-state index contributed by atoms with van der Waals surface area (Å²) in [7, 11) is 0. The van der Waals surface area contributed by atoms with Crippen molar-refractivity contribution in [3.63, 3.8) is 0 Å². The lowest BCUT2D eigenvalue weighted by Gasteiger charge is -2.14. The van der Waals surface area contributed by atoms with E-state index in [1.165, 1.54) is 30.6 Å². The smallest absolute Gasteiger partial charge is 0.0381 e. The van der Waals surface area contributed by atoms with E-state index in [1.807, 2.05) is 0 Å². The van der Waals surface area contributed by atoms with Crippen molar-refractivity contribution in [1.29, 1.82) is 0 Å². The second kappa shape index (κ2) is 4.99. The maximum Gasteiger partial charge on any atom is 0.0381 e. The third-order valence-electron chi connectivity index (χ3n) is 2.90. The Morgan fingerprint density at radius 1 is 1.53 bits per heavy atom. The predicted molar refractivity (Wildman–Crippen MR) is 68.4 cm³/mol. The molecule has 0 radical (unpaired) electrons. The lowest BCUT2D eigenvalue weighted by molar-refractivity contribution is 0.633. The minimum absolute atomic E-state index is 0.642. The molecule has 0 amide bonds. The van der Waals surface area contributed by atoms with Crippen LogP contribution in [-0.2, 0) is 0 Å². The van der Waals surface area contributed by atoms with Gasteiger partial charge in [0.25, 0.3) is 0 Å². The Bertz CT molecular complexity index is 332. The molecular weight excluding hydrogens is 252 g/mol. The fourth-order valence-corrected chi connectivity index (χ4v) is 2.31. The van der Waals surface area contributed by atoms with Gasteiger partial charge in [-0.2, -0.15) is 0 Å². The van der Waals surface area contributed by atoms with Gasteiger partial charge in [0, 0.05) is 22.7 Å². The van der Waals surface area contributed by atoms with Crippen LogP contribution in [0.3, 0.4) is 0 Å². The number of halogens is 1. The van der Waals surface area contributed by atoms with Crippen molar-refractivity contribution in [3.05, 3.63) is 28.2 Å². The molecule has 3 heteroatoms. The van der Waals surface area contributed by atoms with E-state index in [0.29, 0.717) is 6.04 Å². The second-order valence-electron chi connectivity index (χ2n) is 4.13. The Morgan fingerprint density at radius 2 is 2.40 bits per heavy atom. The number of nitrogens with one attached hydrogen (secondary N) is 2. The van der Waals surface area contributed by atoms with Crippen molar-refractivity contribution in [2.24, 2.45) is 0 Å². The van der Waals surface area contributed by atoms with Gasteiger partial charge >= 0.3 is 0 Å². The van der Waals surface area contributed by atoms with Crippen LogP contribution in [0.2, 0.25) is 0 Å². The molecule has 1 aromatic rings. The molecule has 82 valence electrons. The summed E-state index contributed by atoms with van der Waals surface area (Å²) in [5, 5.41) is 6.99. The van der Waals surface area contributed by atoms with Crippen LogP contribution >= 0.6 is 15.9 Å². The fraction of sp³-hybridized carbons (Fsp3) is 0.500. The first-order chi connectivity index (χ1) is 7.25. The van der Waals surface area contributed by atoms with Crippen LogP contribution in [0.25, 0.3) is 0 Å². The van der Waals surface area contributed by atoms with Gasteiger partial charge in [-0.1, -0.05) is 22.0 Å². The Labute approximate surface area is 99.6 Å². The maximum atomic E-state index is 3.50. The van der Waals surface area contributed by atoms with Gasteiger partial charge in [0.15, 0.2) is 0 Å². The number of anilines is 1. The number of benzene rings is 1. The molecule has 0 aliphatic carbocycles. The van der Waals surface area contributed by atoms with Gasteiger partial charge in [-0.3, -0.25) is 0 Å². The van der Waals surface area contributed by atoms with Gasteiger partial charge in [-0.05, 0) is 44.0 Å². The average Bonchev–Trinajstić information content (AvgIpc) is 2.72. The highest BCUT2D eigenvalue weighted by Gasteiger charge is 2.13. The normalized spacial score (nSPS) is 20.5. The Balaban J connectivity index is 1.94. The number of aryl methyl sites for hydroxylation is 1. The van der Waals surface area contributed by atoms with Crippen LogP contribution in [0.15, 0.2) is 22.7 Å². The highest BCUT2D eigenvalue weighted by Crippen LogP contribution is 2.20. The minimum atomic E-state index is 0.642. The Kier molecular flexibility index (Phi) is 3.65. The maximum absolute atomic E-state index is 3.50. The zero-order valence-electron chi connectivity index (χ0n) is 9.02. The molecule has 1 atom stereocenters. The summed E-state index contributed by atoms with van der Waals surface area (Å²) in [6, 6.07) is 7.00. The molecule has 0 saturated carbocycles. The van der Waals surface area contributed by atoms with Crippen molar-refractivity contribution in [1.82, 2.24) is 5.32 Å². The predicted octanol–water partition coefficient (Wildman–Crippen LogP) is 2.92. The first-order valence-corrected chi connectivity index (χ1v) is 6.28. The topological polar surface area (TPSA) is 24.1 Å². The fourth-order valence-electron chi connectivity index (χ4n) is 1.95. The summed E-state index contributed by atoms with van der Waals surface area (Å²) < 4.78 is 1.13. The van der Waals surface area contributed by atoms with Crippen LogP contribution in [0.4, 0.5) is 5.69 Å². The van der Waals surface area contributed by atoms with Crippen LogP contribution in [0, 0.1) is 6.92 Å². The van der Waals surface area contributed by atoms with E-state index in [-0.39, 0.29) is 0 Å². The standard InChI is InChI=1S/C12H17BrN2/c1-9-4-5-10(13)7-12(9)15-8-11-3-2-6-14-11/h4-5,7,11,14-15H,2-3,6,8H2,1H3. The molecule has 2 nitrogen and oxygen atoms in total. The molecule has 1 fully saturated rings. The lowest BCUT2D eigenvalue weighted by Crippen LogP contribution is -2.29. The van der Waals surface area contributed by atoms with E-state index in [4.69, 9.17) is 0 Å². The van der Waals surface area contributed by atoms with Gasteiger partial charge in [-0.25, -0.2) is 0 Å². The molecule has 1 aliphatic rings. The summed E-state index contributed by atoms with van der Waals surface area (Å²) in [5.41, 5.74) is 2.54. The van der Waals surface area contributed by atoms with Crippen LogP contribution in [0.5, 0.6) is 0 Å². The van der Waals surface area contributed by atoms with Crippen molar-refractivity contribution in [3.8, 4) is 0 Å². The van der Waals surface area contributed by atoms with Gasteiger partial charge in [0.1, 0.15) is 0 Å². The number of hydrogen-bond acceptors (Lipinski definition) is 2. The van der Waals surface area contributed by atoms with E-state index in [9.17, 15) is 0 Å². The minimum Gasteiger partial charge on any atom is -0.383 e. The molecular formula is C12H17BrN2. The highest BCUT2D eigenvalue weighted by molar-refractivity contribution is 9.10. The molecule has 0 aromatic heterocycles. The molecule has 1 saturated heterocycles. The molecule has 1 unspecified atom stereocenters. The van der Waals surface area contributed by atoms with Gasteiger partial charge in [0.2, 0.25) is 0 Å². The molecule has 1 aromatic carbocycles. The Morgan fingerprint density at radius 3 is 3.13 bits per heavy atom. The van der Waals surface area contributed by atoms with E-state index >= 15 is 0 Å². The SMILES string of the molecule is Cc1ccc(Br)cc1NCC1CCCN1. The van der Waals surface area contributed by atoms with Crippen LogP contribution < -0.4 is 10.6 Å². The monoisotopic (exact) mass is 268 g/mol. The van der Waals surface area contributed by atoms with Gasteiger partial charge in [-0.15, -0.1) is 0 Å². The summed E-state index contributed by atoms with van der Waals surface area (Å²) in [5.74, 6) is 0. The van der Waals surface area contributed by atoms with E-state index < -0.39 is 0 Å². The van der Waals surface area contributed by atoms with Crippen molar-refractivity contribution in [2.45, 2.75) is 25.8 Å². The van der Waals surface area contributed by atoms with E-state index in [0.717, 1.165) is 11.0 Å². The van der Waals surface area contributed by atoms with E-state index in [2.05, 4.69) is 51.7 Å². The van der Waals surface area contributed by atoms with Gasteiger partial charge < -0.3 is 10.6 Å². The third kappa shape index (κ3) is 2.95. The summed E-state index contributed by atoms with van der Waals surface area (Å²) in [4.78, 5) is 0. The summed E-state index contributed by atoms with van der Waals surface area (Å²) in [6.07, 6.45) is 2.60.